The van der Waals surface area contributed by atoms with Gasteiger partial charge >= 0.3 is 0 Å². The molecule has 1 N–H and O–H groups in total. The smallest absolute Gasteiger partial charge is 0.236 e. The number of rotatable bonds is 2. The van der Waals surface area contributed by atoms with Gasteiger partial charge in [-0.3, -0.25) is 4.79 Å². The van der Waals surface area contributed by atoms with Gasteiger partial charge in [0, 0.05) is 18.1 Å². The van der Waals surface area contributed by atoms with E-state index in [0.29, 0.717) is 12.6 Å². The summed E-state index contributed by atoms with van der Waals surface area (Å²) in [6, 6.07) is 0.369. The summed E-state index contributed by atoms with van der Waals surface area (Å²) < 4.78 is 0. The Balaban J connectivity index is 2.65. The van der Waals surface area contributed by atoms with Crippen LogP contribution in [0.15, 0.2) is 0 Å². The third kappa shape index (κ3) is 2.44. The van der Waals surface area contributed by atoms with Crippen molar-refractivity contribution >= 4 is 5.91 Å². The number of carbonyl (C=O) groups is 1. The summed E-state index contributed by atoms with van der Waals surface area (Å²) in [6.07, 6.45) is 1.03. The molecule has 0 spiro atoms. The van der Waals surface area contributed by atoms with Gasteiger partial charge in [0.1, 0.15) is 0 Å². The normalized spacial score (nSPS) is 24.6. The molecule has 0 radical (unpaired) electrons. The van der Waals surface area contributed by atoms with Gasteiger partial charge in [-0.1, -0.05) is 6.92 Å². The Hall–Kier alpha value is -0.570. The zero-order chi connectivity index (χ0) is 10.1. The number of nitrogens with one attached hydrogen (secondary N) is 1. The number of piperazine rings is 1. The fourth-order valence-corrected chi connectivity index (χ4v) is 1.61. The van der Waals surface area contributed by atoms with Gasteiger partial charge in [-0.15, -0.1) is 0 Å². The quantitative estimate of drug-likeness (QED) is 0.694. The lowest BCUT2D eigenvalue weighted by Crippen LogP contribution is -2.61. The Morgan fingerprint density at radius 2 is 2.23 bits per heavy atom. The van der Waals surface area contributed by atoms with Crippen LogP contribution in [0.2, 0.25) is 0 Å². The second kappa shape index (κ2) is 3.66. The second-order valence-electron chi connectivity index (χ2n) is 4.52. The van der Waals surface area contributed by atoms with Crippen LogP contribution >= 0.6 is 0 Å². The first-order chi connectivity index (χ1) is 5.96. The molecule has 0 aliphatic carbocycles. The third-order valence-electron chi connectivity index (χ3n) is 2.73. The van der Waals surface area contributed by atoms with Crippen molar-refractivity contribution < 1.29 is 4.79 Å². The summed E-state index contributed by atoms with van der Waals surface area (Å²) >= 11 is 0. The zero-order valence-corrected chi connectivity index (χ0v) is 9.05. The molecule has 0 bridgehead atoms. The fraction of sp³-hybridized carbons (Fsp3) is 0.900. The first-order valence-electron chi connectivity index (χ1n) is 5.01. The van der Waals surface area contributed by atoms with Crippen LogP contribution in [0.25, 0.3) is 0 Å². The first kappa shape index (κ1) is 10.5. The van der Waals surface area contributed by atoms with E-state index in [-0.39, 0.29) is 11.4 Å². The molecular weight excluding hydrogens is 164 g/mol. The predicted octanol–water partition coefficient (Wildman–Crippen LogP) is 0.995. The highest BCUT2D eigenvalue weighted by molar-refractivity contribution is 5.79. The number of nitrogens with zero attached hydrogens (tertiary/aromatic N) is 1. The van der Waals surface area contributed by atoms with E-state index in [1.54, 1.807) is 0 Å². The minimum Gasteiger partial charge on any atom is -0.337 e. The van der Waals surface area contributed by atoms with Gasteiger partial charge < -0.3 is 10.2 Å². The standard InChI is InChI=1S/C10H20N2O/c1-5-8(2)12-7-10(3,4)11-6-9(12)13/h8,11H,5-7H2,1-4H3. The first-order valence-corrected chi connectivity index (χ1v) is 5.01. The van der Waals surface area contributed by atoms with Crippen molar-refractivity contribution in [1.82, 2.24) is 10.2 Å². The van der Waals surface area contributed by atoms with E-state index >= 15 is 0 Å². The van der Waals surface area contributed by atoms with Crippen LogP contribution in [0, 0.1) is 0 Å². The largest absolute Gasteiger partial charge is 0.337 e. The predicted molar refractivity (Wildman–Crippen MR) is 53.5 cm³/mol. The Labute approximate surface area is 80.5 Å². The number of hydrogen-bond donors (Lipinski definition) is 1. The summed E-state index contributed by atoms with van der Waals surface area (Å²) in [5, 5.41) is 3.23. The lowest BCUT2D eigenvalue weighted by molar-refractivity contribution is -0.136. The molecule has 0 aromatic rings. The zero-order valence-electron chi connectivity index (χ0n) is 9.05. The highest BCUT2D eigenvalue weighted by Crippen LogP contribution is 2.15. The molecule has 1 heterocycles. The van der Waals surface area contributed by atoms with Crippen LogP contribution in [-0.2, 0) is 4.79 Å². The lowest BCUT2D eigenvalue weighted by atomic mass is 10.00. The van der Waals surface area contributed by atoms with Crippen molar-refractivity contribution in [3.05, 3.63) is 0 Å². The van der Waals surface area contributed by atoms with E-state index in [0.717, 1.165) is 13.0 Å². The SMILES string of the molecule is CCC(C)N1CC(C)(C)NCC1=O. The maximum atomic E-state index is 11.5. The van der Waals surface area contributed by atoms with Crippen LogP contribution in [-0.4, -0.2) is 35.5 Å². The van der Waals surface area contributed by atoms with Gasteiger partial charge in [-0.25, -0.2) is 0 Å². The molecule has 3 nitrogen and oxygen atoms in total. The number of hydrogen-bond acceptors (Lipinski definition) is 2. The molecule has 1 atom stereocenters. The Morgan fingerprint density at radius 3 is 2.77 bits per heavy atom. The van der Waals surface area contributed by atoms with Gasteiger partial charge in [0.25, 0.3) is 0 Å². The van der Waals surface area contributed by atoms with Gasteiger partial charge in [0.05, 0.1) is 6.54 Å². The van der Waals surface area contributed by atoms with Gasteiger partial charge in [0.15, 0.2) is 0 Å². The highest BCUT2D eigenvalue weighted by atomic mass is 16.2. The number of amides is 1. The van der Waals surface area contributed by atoms with Crippen LogP contribution in [0.5, 0.6) is 0 Å². The summed E-state index contributed by atoms with van der Waals surface area (Å²) in [5.74, 6) is 0.230. The maximum Gasteiger partial charge on any atom is 0.236 e. The Morgan fingerprint density at radius 1 is 1.62 bits per heavy atom. The second-order valence-corrected chi connectivity index (χ2v) is 4.52. The van der Waals surface area contributed by atoms with Crippen molar-refractivity contribution in [3.8, 4) is 0 Å². The molecule has 1 fully saturated rings. The lowest BCUT2D eigenvalue weighted by Gasteiger charge is -2.41. The molecule has 76 valence electrons. The van der Waals surface area contributed by atoms with Gasteiger partial charge in [-0.2, -0.15) is 0 Å². The minimum atomic E-state index is 0.0668. The van der Waals surface area contributed by atoms with E-state index in [1.165, 1.54) is 0 Å². The van der Waals surface area contributed by atoms with Crippen molar-refractivity contribution in [1.29, 1.82) is 0 Å². The molecule has 0 aromatic heterocycles. The summed E-state index contributed by atoms with van der Waals surface area (Å²) in [5.41, 5.74) is 0.0668. The van der Waals surface area contributed by atoms with E-state index in [2.05, 4.69) is 33.0 Å². The van der Waals surface area contributed by atoms with E-state index in [9.17, 15) is 4.79 Å². The summed E-state index contributed by atoms with van der Waals surface area (Å²) in [4.78, 5) is 13.5. The Kier molecular flexibility index (Phi) is 2.96. The van der Waals surface area contributed by atoms with Crippen LogP contribution in [0.1, 0.15) is 34.1 Å². The summed E-state index contributed by atoms with van der Waals surface area (Å²) in [7, 11) is 0. The van der Waals surface area contributed by atoms with Gasteiger partial charge in [0.2, 0.25) is 5.91 Å². The van der Waals surface area contributed by atoms with Crippen LogP contribution in [0.4, 0.5) is 0 Å². The maximum absolute atomic E-state index is 11.5. The van der Waals surface area contributed by atoms with E-state index < -0.39 is 0 Å². The molecule has 1 saturated heterocycles. The molecule has 0 aromatic carbocycles. The van der Waals surface area contributed by atoms with Crippen LogP contribution < -0.4 is 5.32 Å². The third-order valence-corrected chi connectivity index (χ3v) is 2.73. The van der Waals surface area contributed by atoms with Crippen molar-refractivity contribution in [2.24, 2.45) is 0 Å². The van der Waals surface area contributed by atoms with E-state index in [4.69, 9.17) is 0 Å². The molecule has 1 rings (SSSR count). The van der Waals surface area contributed by atoms with Crippen molar-refractivity contribution in [2.45, 2.75) is 45.7 Å². The molecule has 1 aliphatic heterocycles. The molecule has 1 aliphatic rings. The fourth-order valence-electron chi connectivity index (χ4n) is 1.61. The molecule has 1 amide bonds. The van der Waals surface area contributed by atoms with E-state index in [1.807, 2.05) is 4.90 Å². The molecule has 1 unspecified atom stereocenters. The highest BCUT2D eigenvalue weighted by Gasteiger charge is 2.32. The molecule has 13 heavy (non-hydrogen) atoms. The monoisotopic (exact) mass is 184 g/mol. The topological polar surface area (TPSA) is 32.3 Å². The van der Waals surface area contributed by atoms with Gasteiger partial charge in [-0.05, 0) is 27.2 Å². The van der Waals surface area contributed by atoms with Crippen LogP contribution in [0.3, 0.4) is 0 Å². The Bertz CT molecular complexity index is 201. The number of carbonyl (C=O) groups excluding carboxylic acids is 1. The molecule has 3 heteroatoms. The van der Waals surface area contributed by atoms with Crippen molar-refractivity contribution in [2.75, 3.05) is 13.1 Å². The van der Waals surface area contributed by atoms with Crippen molar-refractivity contribution in [3.63, 3.8) is 0 Å². The minimum absolute atomic E-state index is 0.0668. The average molecular weight is 184 g/mol. The molecular formula is C10H20N2O. The summed E-state index contributed by atoms with van der Waals surface area (Å²) in [6.45, 7) is 9.80. The average Bonchev–Trinajstić information content (AvgIpc) is 2.08. The molecule has 0 saturated carbocycles.